The number of aliphatic hydroxyl groups is 1. The Kier molecular flexibility index (Phi) is 4.48. The second kappa shape index (κ2) is 6.29. The van der Waals surface area contributed by atoms with Crippen LogP contribution in [0, 0.1) is 5.92 Å². The number of nitrogens with zero attached hydrogens (tertiary/aromatic N) is 3. The van der Waals surface area contributed by atoms with Gasteiger partial charge in [-0.15, -0.1) is 11.3 Å². The Balaban J connectivity index is 1.99. The Morgan fingerprint density at radius 1 is 1.54 bits per heavy atom. The average Bonchev–Trinajstić information content (AvgIpc) is 2.99. The summed E-state index contributed by atoms with van der Waals surface area (Å²) in [4.78, 5) is 18.2. The molecule has 1 amide bonds. The Bertz CT molecular complexity index is 757. The van der Waals surface area contributed by atoms with Crippen LogP contribution in [-0.2, 0) is 30.6 Å². The average molecular weight is 348 g/mol. The molecular formula is C17H24N4O2S. The highest BCUT2D eigenvalue weighted by Gasteiger charge is 2.24. The number of carbonyl (C=O) groups is 1. The number of hydrogen-bond donors (Lipinski definition) is 2. The van der Waals surface area contributed by atoms with Crippen LogP contribution in [0.25, 0.3) is 10.7 Å². The van der Waals surface area contributed by atoms with Crippen molar-refractivity contribution in [3.05, 3.63) is 22.3 Å². The molecule has 1 aliphatic carbocycles. The number of carbonyl (C=O) groups excluding carboxylic acids is 1. The van der Waals surface area contributed by atoms with Crippen molar-refractivity contribution in [3.8, 4) is 10.7 Å². The van der Waals surface area contributed by atoms with Gasteiger partial charge < -0.3 is 10.8 Å². The molecule has 0 spiro atoms. The number of aryl methyl sites for hydroxylation is 1. The first-order valence-electron chi connectivity index (χ1n) is 8.27. The van der Waals surface area contributed by atoms with Gasteiger partial charge in [-0.05, 0) is 50.7 Å². The second-order valence-electron chi connectivity index (χ2n) is 7.37. The lowest BCUT2D eigenvalue weighted by Crippen LogP contribution is -2.27. The lowest BCUT2D eigenvalue weighted by molar-refractivity contribution is -0.117. The molecule has 1 atom stereocenters. The van der Waals surface area contributed by atoms with E-state index < -0.39 is 11.5 Å². The van der Waals surface area contributed by atoms with Crippen molar-refractivity contribution in [2.24, 2.45) is 11.7 Å². The normalized spacial score (nSPS) is 17.8. The Hall–Kier alpha value is -1.73. The Morgan fingerprint density at radius 2 is 2.29 bits per heavy atom. The fourth-order valence-electron chi connectivity index (χ4n) is 3.09. The Morgan fingerprint density at radius 3 is 2.96 bits per heavy atom. The smallest absolute Gasteiger partial charge is 0.225 e. The topological polar surface area (TPSA) is 94.0 Å². The van der Waals surface area contributed by atoms with E-state index >= 15 is 0 Å². The maximum atomic E-state index is 11.2. The molecular weight excluding hydrogens is 324 g/mol. The molecule has 0 aromatic carbocycles. The highest BCUT2D eigenvalue weighted by atomic mass is 32.1. The van der Waals surface area contributed by atoms with Crippen LogP contribution >= 0.6 is 11.3 Å². The number of thiophene rings is 1. The van der Waals surface area contributed by atoms with Gasteiger partial charge in [-0.1, -0.05) is 6.92 Å². The van der Waals surface area contributed by atoms with E-state index in [0.29, 0.717) is 24.1 Å². The number of fused-ring (bicyclic) bond motifs is 1. The van der Waals surface area contributed by atoms with Gasteiger partial charge in [0, 0.05) is 4.88 Å². The first-order chi connectivity index (χ1) is 11.2. The van der Waals surface area contributed by atoms with Crippen LogP contribution in [0.2, 0.25) is 0 Å². The van der Waals surface area contributed by atoms with E-state index in [1.807, 2.05) is 0 Å². The van der Waals surface area contributed by atoms with Crippen LogP contribution in [0.4, 0.5) is 0 Å². The van der Waals surface area contributed by atoms with Crippen molar-refractivity contribution >= 4 is 17.2 Å². The minimum atomic E-state index is -0.919. The summed E-state index contributed by atoms with van der Waals surface area (Å²) in [7, 11) is 0. The molecule has 2 aromatic rings. The summed E-state index contributed by atoms with van der Waals surface area (Å²) in [6.07, 6.45) is 3.43. The zero-order valence-corrected chi connectivity index (χ0v) is 15.2. The van der Waals surface area contributed by atoms with Gasteiger partial charge >= 0.3 is 0 Å². The van der Waals surface area contributed by atoms with Gasteiger partial charge in [0.1, 0.15) is 0 Å². The van der Waals surface area contributed by atoms with Gasteiger partial charge in [0.25, 0.3) is 0 Å². The lowest BCUT2D eigenvalue weighted by Gasteiger charge is -2.17. The molecule has 6 nitrogen and oxygen atoms in total. The number of hydrogen-bond acceptors (Lipinski definition) is 5. The van der Waals surface area contributed by atoms with E-state index in [9.17, 15) is 9.90 Å². The third kappa shape index (κ3) is 3.84. The molecule has 3 rings (SSSR count). The first-order valence-corrected chi connectivity index (χ1v) is 9.09. The molecule has 0 fully saturated rings. The maximum absolute atomic E-state index is 11.2. The van der Waals surface area contributed by atoms with Crippen molar-refractivity contribution in [1.82, 2.24) is 14.8 Å². The summed E-state index contributed by atoms with van der Waals surface area (Å²) in [5.41, 5.74) is 5.74. The summed E-state index contributed by atoms with van der Waals surface area (Å²) in [5.74, 6) is 1.36. The number of aromatic nitrogens is 3. The van der Waals surface area contributed by atoms with E-state index in [4.69, 9.17) is 5.73 Å². The standard InChI is InChI=1S/C17H24N4O2S/c1-10-4-5-12-11(6-10)7-13(24-12)16-19-15(8-14(18)22)20-21(16)9-17(2,3)23/h7,10,23H,4-6,8-9H2,1-3H3,(H2,18,22). The van der Waals surface area contributed by atoms with E-state index in [2.05, 4.69) is 23.1 Å². The number of nitrogens with two attached hydrogens (primary N) is 1. The van der Waals surface area contributed by atoms with E-state index in [-0.39, 0.29) is 6.42 Å². The minimum Gasteiger partial charge on any atom is -0.389 e. The molecule has 1 aliphatic rings. The van der Waals surface area contributed by atoms with Crippen molar-refractivity contribution < 1.29 is 9.90 Å². The third-order valence-corrected chi connectivity index (χ3v) is 5.37. The van der Waals surface area contributed by atoms with E-state index in [1.165, 1.54) is 16.9 Å². The first kappa shape index (κ1) is 17.1. The van der Waals surface area contributed by atoms with E-state index in [0.717, 1.165) is 17.7 Å². The molecule has 0 bridgehead atoms. The van der Waals surface area contributed by atoms with Crippen molar-refractivity contribution in [2.45, 2.75) is 58.6 Å². The summed E-state index contributed by atoms with van der Waals surface area (Å²) in [6.45, 7) is 6.05. The fraction of sp³-hybridized carbons (Fsp3) is 0.588. The minimum absolute atomic E-state index is 0.00792. The zero-order valence-electron chi connectivity index (χ0n) is 14.4. The largest absolute Gasteiger partial charge is 0.389 e. The third-order valence-electron chi connectivity index (χ3n) is 4.13. The number of amides is 1. The van der Waals surface area contributed by atoms with Crippen LogP contribution in [0.5, 0.6) is 0 Å². The zero-order chi connectivity index (χ0) is 17.5. The molecule has 2 aromatic heterocycles. The van der Waals surface area contributed by atoms with Crippen LogP contribution in [0.1, 0.15) is 43.5 Å². The summed E-state index contributed by atoms with van der Waals surface area (Å²) in [6, 6.07) is 2.19. The molecule has 2 heterocycles. The summed E-state index contributed by atoms with van der Waals surface area (Å²) >= 11 is 1.74. The molecule has 0 aliphatic heterocycles. The number of primary amides is 1. The van der Waals surface area contributed by atoms with Crippen LogP contribution in [-0.4, -0.2) is 31.4 Å². The molecule has 3 N–H and O–H groups in total. The molecule has 7 heteroatoms. The molecule has 130 valence electrons. The summed E-state index contributed by atoms with van der Waals surface area (Å²) in [5, 5.41) is 14.5. The monoisotopic (exact) mass is 348 g/mol. The highest BCUT2D eigenvalue weighted by Crippen LogP contribution is 2.36. The molecule has 0 saturated carbocycles. The SMILES string of the molecule is CC1CCc2sc(-c3nc(CC(N)=O)nn3CC(C)(C)O)cc2C1. The Labute approximate surface area is 145 Å². The quantitative estimate of drug-likeness (QED) is 0.863. The van der Waals surface area contributed by atoms with Gasteiger partial charge in [-0.2, -0.15) is 5.10 Å². The second-order valence-corrected chi connectivity index (χ2v) is 8.51. The van der Waals surface area contributed by atoms with Gasteiger partial charge in [0.15, 0.2) is 11.6 Å². The van der Waals surface area contributed by atoms with Crippen molar-refractivity contribution in [2.75, 3.05) is 0 Å². The molecule has 0 radical (unpaired) electrons. The van der Waals surface area contributed by atoms with Gasteiger partial charge in [0.05, 0.1) is 23.4 Å². The van der Waals surface area contributed by atoms with Crippen molar-refractivity contribution in [1.29, 1.82) is 0 Å². The molecule has 1 unspecified atom stereocenters. The number of rotatable bonds is 5. The highest BCUT2D eigenvalue weighted by molar-refractivity contribution is 7.15. The molecule has 0 saturated heterocycles. The fourth-order valence-corrected chi connectivity index (χ4v) is 4.30. The van der Waals surface area contributed by atoms with Gasteiger partial charge in [-0.25, -0.2) is 9.67 Å². The van der Waals surface area contributed by atoms with Gasteiger partial charge in [-0.3, -0.25) is 4.79 Å². The van der Waals surface area contributed by atoms with Crippen LogP contribution in [0.3, 0.4) is 0 Å². The van der Waals surface area contributed by atoms with Crippen molar-refractivity contribution in [3.63, 3.8) is 0 Å². The van der Waals surface area contributed by atoms with Crippen LogP contribution < -0.4 is 5.73 Å². The maximum Gasteiger partial charge on any atom is 0.225 e. The van der Waals surface area contributed by atoms with Gasteiger partial charge in [0.2, 0.25) is 5.91 Å². The van der Waals surface area contributed by atoms with Crippen LogP contribution in [0.15, 0.2) is 6.07 Å². The van der Waals surface area contributed by atoms with E-state index in [1.54, 1.807) is 29.9 Å². The lowest BCUT2D eigenvalue weighted by atomic mass is 9.90. The predicted molar refractivity (Wildman–Crippen MR) is 93.7 cm³/mol. The predicted octanol–water partition coefficient (Wildman–Crippen LogP) is 1.93. The molecule has 24 heavy (non-hydrogen) atoms. The summed E-state index contributed by atoms with van der Waals surface area (Å²) < 4.78 is 1.69.